The van der Waals surface area contributed by atoms with Gasteiger partial charge in [-0.25, -0.2) is 4.68 Å². The van der Waals surface area contributed by atoms with Crippen LogP contribution >= 0.6 is 0 Å². The van der Waals surface area contributed by atoms with Gasteiger partial charge in [0.15, 0.2) is 0 Å². The van der Waals surface area contributed by atoms with Gasteiger partial charge in [-0.2, -0.15) is 5.10 Å². The van der Waals surface area contributed by atoms with E-state index in [-0.39, 0.29) is 18.4 Å². The zero-order valence-corrected chi connectivity index (χ0v) is 14.2. The maximum Gasteiger partial charge on any atom is 0.308 e. The molecule has 1 heterocycles. The molecule has 1 aromatic heterocycles. The molecule has 0 radical (unpaired) electrons. The molecule has 1 aromatic carbocycles. The predicted octanol–water partition coefficient (Wildman–Crippen LogP) is 2.66. The van der Waals surface area contributed by atoms with E-state index in [9.17, 15) is 14.7 Å². The summed E-state index contributed by atoms with van der Waals surface area (Å²) < 4.78 is 1.69. The molecule has 0 fully saturated rings. The summed E-state index contributed by atoms with van der Waals surface area (Å²) in [5.41, 5.74) is 2.04. The molecule has 0 aliphatic rings. The number of para-hydroxylation sites is 1. The number of aromatic nitrogens is 2. The van der Waals surface area contributed by atoms with E-state index in [2.05, 4.69) is 10.4 Å². The Morgan fingerprint density at radius 3 is 2.50 bits per heavy atom. The Balaban J connectivity index is 2.08. The molecule has 6 nitrogen and oxygen atoms in total. The van der Waals surface area contributed by atoms with Crippen LogP contribution in [0.15, 0.2) is 36.5 Å². The molecular formula is C18H23N3O3. The fourth-order valence-corrected chi connectivity index (χ4v) is 2.61. The third-order valence-corrected chi connectivity index (χ3v) is 3.87. The quantitative estimate of drug-likeness (QED) is 0.818. The summed E-state index contributed by atoms with van der Waals surface area (Å²) in [5, 5.41) is 16.2. The molecule has 6 heteroatoms. The van der Waals surface area contributed by atoms with Crippen molar-refractivity contribution in [3.63, 3.8) is 0 Å². The molecule has 2 rings (SSSR count). The second-order valence-electron chi connectivity index (χ2n) is 6.27. The molecule has 2 aromatic rings. The molecule has 1 unspecified atom stereocenters. The minimum absolute atomic E-state index is 0.113. The van der Waals surface area contributed by atoms with Crippen molar-refractivity contribution >= 4 is 11.9 Å². The number of carbonyl (C=O) groups is 2. The Kier molecular flexibility index (Phi) is 5.73. The van der Waals surface area contributed by atoms with Gasteiger partial charge in [0.2, 0.25) is 0 Å². The third kappa shape index (κ3) is 4.22. The maximum absolute atomic E-state index is 12.4. The van der Waals surface area contributed by atoms with Crippen LogP contribution in [0.1, 0.15) is 36.3 Å². The summed E-state index contributed by atoms with van der Waals surface area (Å²) in [4.78, 5) is 23.6. The lowest BCUT2D eigenvalue weighted by molar-refractivity contribution is -0.142. The second kappa shape index (κ2) is 7.77. The first-order valence-corrected chi connectivity index (χ1v) is 8.01. The molecule has 0 bridgehead atoms. The van der Waals surface area contributed by atoms with Crippen molar-refractivity contribution in [3.05, 3.63) is 47.8 Å². The number of amides is 1. The van der Waals surface area contributed by atoms with Gasteiger partial charge in [-0.1, -0.05) is 32.0 Å². The number of hydrogen-bond donors (Lipinski definition) is 2. The fraction of sp³-hybridized carbons (Fsp3) is 0.389. The van der Waals surface area contributed by atoms with E-state index < -0.39 is 11.9 Å². The average molecular weight is 329 g/mol. The maximum atomic E-state index is 12.4. The molecule has 128 valence electrons. The highest BCUT2D eigenvalue weighted by molar-refractivity contribution is 5.95. The van der Waals surface area contributed by atoms with Gasteiger partial charge in [0.25, 0.3) is 5.91 Å². The van der Waals surface area contributed by atoms with E-state index in [1.54, 1.807) is 4.68 Å². The van der Waals surface area contributed by atoms with Gasteiger partial charge in [0, 0.05) is 6.54 Å². The van der Waals surface area contributed by atoms with Crippen LogP contribution in [0.5, 0.6) is 0 Å². The minimum atomic E-state index is -0.888. The number of nitrogens with one attached hydrogen (secondary N) is 1. The van der Waals surface area contributed by atoms with Crippen LogP contribution in [0.4, 0.5) is 0 Å². The van der Waals surface area contributed by atoms with Crippen LogP contribution in [-0.4, -0.2) is 33.3 Å². The van der Waals surface area contributed by atoms with Crippen LogP contribution in [-0.2, 0) is 4.79 Å². The van der Waals surface area contributed by atoms with E-state index in [1.165, 1.54) is 6.20 Å². The number of carboxylic acid groups (broad SMARTS) is 1. The molecule has 0 spiro atoms. The van der Waals surface area contributed by atoms with Crippen molar-refractivity contribution in [2.75, 3.05) is 6.54 Å². The lowest BCUT2D eigenvalue weighted by atomic mass is 9.97. The lowest BCUT2D eigenvalue weighted by Crippen LogP contribution is -2.33. The molecular weight excluding hydrogens is 306 g/mol. The van der Waals surface area contributed by atoms with Crippen molar-refractivity contribution in [1.82, 2.24) is 15.1 Å². The molecule has 0 aliphatic carbocycles. The minimum Gasteiger partial charge on any atom is -0.481 e. The smallest absolute Gasteiger partial charge is 0.308 e. The summed E-state index contributed by atoms with van der Waals surface area (Å²) in [6.45, 7) is 5.86. The molecule has 2 N–H and O–H groups in total. The molecule has 0 aliphatic heterocycles. The van der Waals surface area contributed by atoms with Crippen molar-refractivity contribution < 1.29 is 14.7 Å². The van der Waals surface area contributed by atoms with Gasteiger partial charge in [-0.15, -0.1) is 0 Å². The number of rotatable bonds is 7. The summed E-state index contributed by atoms with van der Waals surface area (Å²) in [6.07, 6.45) is 2.04. The largest absolute Gasteiger partial charge is 0.481 e. The Morgan fingerprint density at radius 1 is 1.25 bits per heavy atom. The number of carboxylic acids is 1. The van der Waals surface area contributed by atoms with Gasteiger partial charge in [-0.3, -0.25) is 9.59 Å². The van der Waals surface area contributed by atoms with Gasteiger partial charge in [0.05, 0.1) is 29.1 Å². The van der Waals surface area contributed by atoms with E-state index >= 15 is 0 Å². The van der Waals surface area contributed by atoms with Crippen LogP contribution in [0.2, 0.25) is 0 Å². The molecule has 1 amide bonds. The fourth-order valence-electron chi connectivity index (χ4n) is 2.61. The Hall–Kier alpha value is -2.63. The number of nitrogens with zero attached hydrogens (tertiary/aromatic N) is 2. The Bertz CT molecular complexity index is 708. The van der Waals surface area contributed by atoms with E-state index in [0.717, 1.165) is 11.4 Å². The van der Waals surface area contributed by atoms with Crippen molar-refractivity contribution in [1.29, 1.82) is 0 Å². The van der Waals surface area contributed by atoms with Crippen molar-refractivity contribution in [2.45, 2.75) is 27.2 Å². The van der Waals surface area contributed by atoms with E-state index in [1.807, 2.05) is 51.1 Å². The summed E-state index contributed by atoms with van der Waals surface area (Å²) in [5.74, 6) is -1.52. The Labute approximate surface area is 141 Å². The first-order chi connectivity index (χ1) is 11.4. The third-order valence-electron chi connectivity index (χ3n) is 3.87. The molecule has 0 saturated heterocycles. The number of benzene rings is 1. The highest BCUT2D eigenvalue weighted by atomic mass is 16.4. The standard InChI is InChI=1S/C18H23N3O3/c1-12(2)9-14(18(23)24)10-19-17(22)16-11-20-21(13(16)3)15-7-5-4-6-8-15/h4-8,11-12,14H,9-10H2,1-3H3,(H,19,22)(H,23,24). The molecule has 24 heavy (non-hydrogen) atoms. The number of aliphatic carboxylic acids is 1. The normalized spacial score (nSPS) is 12.2. The van der Waals surface area contributed by atoms with Gasteiger partial charge < -0.3 is 10.4 Å². The van der Waals surface area contributed by atoms with Crippen LogP contribution in [0.25, 0.3) is 5.69 Å². The lowest BCUT2D eigenvalue weighted by Gasteiger charge is -2.15. The van der Waals surface area contributed by atoms with Crippen molar-refractivity contribution in [2.24, 2.45) is 11.8 Å². The monoisotopic (exact) mass is 329 g/mol. The highest BCUT2D eigenvalue weighted by Gasteiger charge is 2.21. The summed E-state index contributed by atoms with van der Waals surface area (Å²) in [7, 11) is 0. The average Bonchev–Trinajstić information content (AvgIpc) is 2.93. The van der Waals surface area contributed by atoms with Gasteiger partial charge in [-0.05, 0) is 31.4 Å². The first kappa shape index (κ1) is 17.7. The van der Waals surface area contributed by atoms with E-state index in [4.69, 9.17) is 0 Å². The zero-order chi connectivity index (χ0) is 17.7. The number of hydrogen-bond acceptors (Lipinski definition) is 3. The van der Waals surface area contributed by atoms with Crippen LogP contribution in [0, 0.1) is 18.8 Å². The Morgan fingerprint density at radius 2 is 1.92 bits per heavy atom. The highest BCUT2D eigenvalue weighted by Crippen LogP contribution is 2.15. The zero-order valence-electron chi connectivity index (χ0n) is 14.2. The van der Waals surface area contributed by atoms with Gasteiger partial charge in [0.1, 0.15) is 0 Å². The van der Waals surface area contributed by atoms with Crippen molar-refractivity contribution in [3.8, 4) is 5.69 Å². The molecule has 1 atom stereocenters. The van der Waals surface area contributed by atoms with Crippen LogP contribution < -0.4 is 5.32 Å². The summed E-state index contributed by atoms with van der Waals surface area (Å²) in [6, 6.07) is 9.53. The van der Waals surface area contributed by atoms with Gasteiger partial charge >= 0.3 is 5.97 Å². The second-order valence-corrected chi connectivity index (χ2v) is 6.27. The first-order valence-electron chi connectivity index (χ1n) is 8.01. The van der Waals surface area contributed by atoms with Crippen LogP contribution in [0.3, 0.4) is 0 Å². The topological polar surface area (TPSA) is 84.2 Å². The van der Waals surface area contributed by atoms with E-state index in [0.29, 0.717) is 12.0 Å². The summed E-state index contributed by atoms with van der Waals surface area (Å²) >= 11 is 0. The predicted molar refractivity (Wildman–Crippen MR) is 91.2 cm³/mol. The molecule has 0 saturated carbocycles. The SMILES string of the molecule is Cc1c(C(=O)NCC(CC(C)C)C(=O)O)cnn1-c1ccccc1. The number of carbonyl (C=O) groups excluding carboxylic acids is 1.